The number of carboxylic acids is 2. The Hall–Kier alpha value is -4.17. The van der Waals surface area contributed by atoms with E-state index in [0.717, 1.165) is 25.0 Å². The van der Waals surface area contributed by atoms with E-state index in [1.807, 2.05) is 11.8 Å². The molecule has 0 aromatic carbocycles. The number of hydrogen-bond acceptors (Lipinski definition) is 11. The molecule has 0 aromatic rings. The fourth-order valence-electron chi connectivity index (χ4n) is 4.81. The number of carbonyl (C=O) groups excluding carboxylic acids is 6. The predicted octanol–water partition coefficient (Wildman–Crippen LogP) is -2.58. The monoisotopic (exact) mass is 717 g/mol. The molecule has 0 spiro atoms. The zero-order chi connectivity index (χ0) is 36.0. The highest BCUT2D eigenvalue weighted by Gasteiger charge is 2.42. The highest BCUT2D eigenvalue weighted by atomic mass is 32.2. The summed E-state index contributed by atoms with van der Waals surface area (Å²) in [5.41, 5.74) is 0. The first-order chi connectivity index (χ1) is 23.4. The molecule has 2 saturated heterocycles. The summed E-state index contributed by atoms with van der Waals surface area (Å²) in [6.07, 6.45) is 1.77. The summed E-state index contributed by atoms with van der Waals surface area (Å²) in [6.45, 7) is 0.540. The van der Waals surface area contributed by atoms with Gasteiger partial charge in [0.25, 0.3) is 0 Å². The summed E-state index contributed by atoms with van der Waals surface area (Å²) in [7, 11) is 0. The third kappa shape index (κ3) is 18.2. The van der Waals surface area contributed by atoms with Gasteiger partial charge in [0.2, 0.25) is 29.5 Å². The van der Waals surface area contributed by atoms with Gasteiger partial charge in [0, 0.05) is 56.3 Å². The number of nitrogens with one attached hydrogen (secondary N) is 7. The summed E-state index contributed by atoms with van der Waals surface area (Å²) in [6, 6.07) is -1.08. The second-order valence-corrected chi connectivity index (χ2v) is 12.5. The number of amides is 7. The van der Waals surface area contributed by atoms with Crippen molar-refractivity contribution in [2.45, 2.75) is 74.7 Å². The van der Waals surface area contributed by atoms with Gasteiger partial charge < -0.3 is 56.9 Å². The third-order valence-corrected chi connectivity index (χ3v) is 8.81. The van der Waals surface area contributed by atoms with E-state index in [1.165, 1.54) is 0 Å². The SMILES string of the molecule is O=C(O)CCC(=O)N[C@@H](CNC(=O)CCC(=O)NCCOCCOCCNC(=O)CCCC[C@@H]1SC[C@@H]2NC(=O)N[C@@H]21)C(=O)NCC(=O)O. The van der Waals surface area contributed by atoms with E-state index in [4.69, 9.17) is 19.7 Å². The fourth-order valence-corrected chi connectivity index (χ4v) is 6.36. The first-order valence-electron chi connectivity index (χ1n) is 16.1. The lowest BCUT2D eigenvalue weighted by Crippen LogP contribution is -2.53. The maximum Gasteiger partial charge on any atom is 0.322 e. The van der Waals surface area contributed by atoms with Crippen molar-refractivity contribution in [2.75, 3.05) is 58.4 Å². The van der Waals surface area contributed by atoms with Gasteiger partial charge >= 0.3 is 18.0 Å². The van der Waals surface area contributed by atoms with E-state index in [2.05, 4.69) is 37.2 Å². The molecule has 0 bridgehead atoms. The quantitative estimate of drug-likeness (QED) is 0.0329. The van der Waals surface area contributed by atoms with Crippen molar-refractivity contribution >= 4 is 59.3 Å². The molecule has 4 atom stereocenters. The first-order valence-corrected chi connectivity index (χ1v) is 17.1. The Morgan fingerprint density at radius 1 is 0.735 bits per heavy atom. The molecule has 49 heavy (non-hydrogen) atoms. The normalized spacial score (nSPS) is 18.3. The molecule has 2 aliphatic rings. The van der Waals surface area contributed by atoms with E-state index in [9.17, 15) is 38.4 Å². The van der Waals surface area contributed by atoms with Gasteiger partial charge in [0.15, 0.2) is 0 Å². The van der Waals surface area contributed by atoms with E-state index < -0.39 is 67.5 Å². The standard InChI is InChI=1S/C29H47N7O12S/c37-21(4-2-1-3-20-27-19(17-49-20)35-29(46)36-27)30-9-11-47-13-14-48-12-10-31-22(38)5-6-23(39)32-15-18(28(45)33-16-26(43)44)34-24(40)7-8-25(41)42/h18-20,27H,1-17H2,(H,30,37)(H,31,38)(H,32,39)(H,33,45)(H,34,40)(H,41,42)(H,43,44)(H2,35,36,46)/t18-,19-,20-,27-/m0/s1. The van der Waals surface area contributed by atoms with E-state index in [0.29, 0.717) is 31.4 Å². The summed E-state index contributed by atoms with van der Waals surface area (Å²) >= 11 is 1.86. The lowest BCUT2D eigenvalue weighted by Gasteiger charge is -2.18. The average molecular weight is 718 g/mol. The van der Waals surface area contributed by atoms with Crippen LogP contribution >= 0.6 is 11.8 Å². The minimum atomic E-state index is -1.36. The van der Waals surface area contributed by atoms with Crippen LogP contribution in [0.5, 0.6) is 0 Å². The first kappa shape index (κ1) is 41.0. The number of thioether (sulfide) groups is 1. The van der Waals surface area contributed by atoms with E-state index in [-0.39, 0.29) is 56.6 Å². The topological polar surface area (TPSA) is 280 Å². The number of urea groups is 1. The number of unbranched alkanes of at least 4 members (excludes halogenated alkanes) is 1. The van der Waals surface area contributed by atoms with Crippen LogP contribution in [0, 0.1) is 0 Å². The molecule has 7 amide bonds. The molecule has 9 N–H and O–H groups in total. The molecule has 0 radical (unpaired) electrons. The lowest BCUT2D eigenvalue weighted by molar-refractivity contribution is -0.140. The van der Waals surface area contributed by atoms with Gasteiger partial charge in [-0.3, -0.25) is 33.6 Å². The van der Waals surface area contributed by atoms with Gasteiger partial charge in [-0.05, 0) is 12.8 Å². The fraction of sp³-hybridized carbons (Fsp3) is 0.724. The molecule has 2 heterocycles. The Labute approximate surface area is 287 Å². The smallest absolute Gasteiger partial charge is 0.322 e. The molecule has 0 aliphatic carbocycles. The average Bonchev–Trinajstić information content (AvgIpc) is 3.61. The van der Waals surface area contributed by atoms with Crippen molar-refractivity contribution in [1.29, 1.82) is 0 Å². The molecule has 19 nitrogen and oxygen atoms in total. The van der Waals surface area contributed by atoms with E-state index in [1.54, 1.807) is 0 Å². The van der Waals surface area contributed by atoms with Crippen molar-refractivity contribution in [1.82, 2.24) is 37.2 Å². The molecule has 276 valence electrons. The molecular weight excluding hydrogens is 670 g/mol. The zero-order valence-corrected chi connectivity index (χ0v) is 28.0. The van der Waals surface area contributed by atoms with Crippen LogP contribution in [0.15, 0.2) is 0 Å². The van der Waals surface area contributed by atoms with Gasteiger partial charge in [-0.15, -0.1) is 0 Å². The predicted molar refractivity (Wildman–Crippen MR) is 173 cm³/mol. The van der Waals surface area contributed by atoms with Crippen molar-refractivity contribution in [3.8, 4) is 0 Å². The van der Waals surface area contributed by atoms with Crippen LogP contribution < -0.4 is 37.2 Å². The number of ether oxygens (including phenoxy) is 2. The molecule has 20 heteroatoms. The van der Waals surface area contributed by atoms with Crippen molar-refractivity contribution in [2.24, 2.45) is 0 Å². The third-order valence-electron chi connectivity index (χ3n) is 7.30. The number of fused-ring (bicyclic) bond motifs is 1. The van der Waals surface area contributed by atoms with Crippen LogP contribution in [0.25, 0.3) is 0 Å². The Morgan fingerprint density at radius 3 is 1.98 bits per heavy atom. The van der Waals surface area contributed by atoms with Crippen LogP contribution in [-0.4, -0.2) is 139 Å². The lowest BCUT2D eigenvalue weighted by atomic mass is 10.0. The second-order valence-electron chi connectivity index (χ2n) is 11.2. The summed E-state index contributed by atoms with van der Waals surface area (Å²) in [5.74, 6) is -4.37. The molecule has 0 aromatic heterocycles. The second kappa shape index (κ2) is 23.2. The Morgan fingerprint density at radius 2 is 1.35 bits per heavy atom. The van der Waals surface area contributed by atoms with Crippen LogP contribution in [0.2, 0.25) is 0 Å². The molecule has 2 fully saturated rings. The van der Waals surface area contributed by atoms with Gasteiger partial charge in [-0.2, -0.15) is 11.8 Å². The zero-order valence-electron chi connectivity index (χ0n) is 27.2. The molecular formula is C29H47N7O12S. The van der Waals surface area contributed by atoms with Crippen molar-refractivity contribution < 1.29 is 58.0 Å². The number of carbonyl (C=O) groups is 8. The molecule has 2 aliphatic heterocycles. The van der Waals surface area contributed by atoms with Crippen LogP contribution in [-0.2, 0) is 43.0 Å². The maximum absolute atomic E-state index is 12.2. The van der Waals surface area contributed by atoms with E-state index >= 15 is 0 Å². The van der Waals surface area contributed by atoms with Crippen molar-refractivity contribution in [3.63, 3.8) is 0 Å². The number of carboxylic acid groups (broad SMARTS) is 2. The van der Waals surface area contributed by atoms with Gasteiger partial charge in [-0.1, -0.05) is 6.42 Å². The minimum Gasteiger partial charge on any atom is -0.481 e. The summed E-state index contributed by atoms with van der Waals surface area (Å²) in [4.78, 5) is 93.2. The van der Waals surface area contributed by atoms with Crippen LogP contribution in [0.4, 0.5) is 4.79 Å². The summed E-state index contributed by atoms with van der Waals surface area (Å²) < 4.78 is 10.8. The largest absolute Gasteiger partial charge is 0.481 e. The Kier molecular flexibility index (Phi) is 19.4. The highest BCUT2D eigenvalue weighted by molar-refractivity contribution is 8.00. The Bertz CT molecular complexity index is 1160. The molecule has 2 rings (SSSR count). The Balaban J connectivity index is 1.43. The van der Waals surface area contributed by atoms with Gasteiger partial charge in [-0.25, -0.2) is 4.79 Å². The number of aliphatic carboxylic acids is 2. The van der Waals surface area contributed by atoms with Crippen molar-refractivity contribution in [3.05, 3.63) is 0 Å². The van der Waals surface area contributed by atoms with Crippen LogP contribution in [0.1, 0.15) is 51.4 Å². The molecule has 0 saturated carbocycles. The minimum absolute atomic E-state index is 0.0381. The molecule has 0 unspecified atom stereocenters. The van der Waals surface area contributed by atoms with Gasteiger partial charge in [0.05, 0.1) is 44.9 Å². The maximum atomic E-state index is 12.2. The van der Waals surface area contributed by atoms with Gasteiger partial charge in [0.1, 0.15) is 12.6 Å². The number of hydrogen-bond donors (Lipinski definition) is 9. The number of rotatable bonds is 26. The highest BCUT2D eigenvalue weighted by Crippen LogP contribution is 2.33. The van der Waals surface area contributed by atoms with Crippen LogP contribution in [0.3, 0.4) is 0 Å². The summed E-state index contributed by atoms with van der Waals surface area (Å²) in [5, 5.41) is 35.8.